The van der Waals surface area contributed by atoms with Gasteiger partial charge in [0.1, 0.15) is 5.82 Å². The summed E-state index contributed by atoms with van der Waals surface area (Å²) in [5.41, 5.74) is 0.647. The Hall–Kier alpha value is -0.810. The molecule has 0 spiro atoms. The Morgan fingerprint density at radius 3 is 2.75 bits per heavy atom. The number of sulfone groups is 1. The van der Waals surface area contributed by atoms with Gasteiger partial charge < -0.3 is 5.32 Å². The fourth-order valence-electron chi connectivity index (χ4n) is 1.73. The van der Waals surface area contributed by atoms with Gasteiger partial charge in [0, 0.05) is 11.7 Å². The lowest BCUT2D eigenvalue weighted by atomic mass is 10.2. The molecule has 16 heavy (non-hydrogen) atoms. The van der Waals surface area contributed by atoms with Crippen molar-refractivity contribution >= 4 is 27.1 Å². The molecule has 1 heterocycles. The number of nitrogens with one attached hydrogen (secondary N) is 1. The van der Waals surface area contributed by atoms with E-state index in [1.54, 1.807) is 6.07 Å². The summed E-state index contributed by atoms with van der Waals surface area (Å²) in [6.07, 6.45) is 0.581. The largest absolute Gasteiger partial charge is 0.381 e. The van der Waals surface area contributed by atoms with Crippen molar-refractivity contribution in [3.63, 3.8) is 0 Å². The van der Waals surface area contributed by atoms with E-state index in [2.05, 4.69) is 5.32 Å². The van der Waals surface area contributed by atoms with Crippen molar-refractivity contribution in [2.45, 2.75) is 12.5 Å². The average molecular weight is 264 g/mol. The van der Waals surface area contributed by atoms with Gasteiger partial charge in [0.05, 0.1) is 16.5 Å². The van der Waals surface area contributed by atoms with E-state index in [4.69, 9.17) is 11.6 Å². The van der Waals surface area contributed by atoms with Crippen LogP contribution in [-0.4, -0.2) is 26.0 Å². The van der Waals surface area contributed by atoms with Crippen molar-refractivity contribution in [3.05, 3.63) is 29.0 Å². The first-order chi connectivity index (χ1) is 7.46. The monoisotopic (exact) mass is 263 g/mol. The maximum atomic E-state index is 12.9. The SMILES string of the molecule is O=S1(=O)CCC(Nc2ccc(F)c(Cl)c2)C1. The van der Waals surface area contributed by atoms with Crippen LogP contribution in [0.3, 0.4) is 0 Å². The normalized spacial score (nSPS) is 23.2. The van der Waals surface area contributed by atoms with Gasteiger partial charge in [-0.3, -0.25) is 0 Å². The van der Waals surface area contributed by atoms with Gasteiger partial charge in [0.25, 0.3) is 0 Å². The Balaban J connectivity index is 2.08. The predicted octanol–water partition coefficient (Wildman–Crippen LogP) is 2.08. The second-order valence-electron chi connectivity index (χ2n) is 3.87. The summed E-state index contributed by atoms with van der Waals surface area (Å²) in [6.45, 7) is 0. The molecule has 0 amide bonds. The van der Waals surface area contributed by atoms with Crippen LogP contribution < -0.4 is 5.32 Å². The molecule has 2 rings (SSSR count). The fourth-order valence-corrected chi connectivity index (χ4v) is 3.58. The Morgan fingerprint density at radius 1 is 1.44 bits per heavy atom. The Bertz CT molecular complexity index is 504. The molecule has 6 heteroatoms. The molecule has 0 bridgehead atoms. The first kappa shape index (κ1) is 11.7. The number of anilines is 1. The molecule has 1 atom stereocenters. The number of halogens is 2. The maximum absolute atomic E-state index is 12.9. The number of hydrogen-bond donors (Lipinski definition) is 1. The smallest absolute Gasteiger partial charge is 0.152 e. The summed E-state index contributed by atoms with van der Waals surface area (Å²) in [7, 11) is -2.90. The molecular weight excluding hydrogens is 253 g/mol. The van der Waals surface area contributed by atoms with E-state index in [0.29, 0.717) is 12.1 Å². The topological polar surface area (TPSA) is 46.2 Å². The van der Waals surface area contributed by atoms with Gasteiger partial charge in [-0.15, -0.1) is 0 Å². The molecule has 88 valence electrons. The van der Waals surface area contributed by atoms with Crippen molar-refractivity contribution in [2.75, 3.05) is 16.8 Å². The van der Waals surface area contributed by atoms with Gasteiger partial charge in [0.2, 0.25) is 0 Å². The van der Waals surface area contributed by atoms with E-state index >= 15 is 0 Å². The fraction of sp³-hybridized carbons (Fsp3) is 0.400. The minimum Gasteiger partial charge on any atom is -0.381 e. The molecule has 1 aromatic rings. The van der Waals surface area contributed by atoms with Crippen molar-refractivity contribution < 1.29 is 12.8 Å². The Kier molecular flexibility index (Phi) is 3.08. The van der Waals surface area contributed by atoms with E-state index < -0.39 is 15.7 Å². The van der Waals surface area contributed by atoms with Crippen LogP contribution >= 0.6 is 11.6 Å². The second-order valence-corrected chi connectivity index (χ2v) is 6.51. The van der Waals surface area contributed by atoms with Crippen LogP contribution in [-0.2, 0) is 9.84 Å². The van der Waals surface area contributed by atoms with Crippen molar-refractivity contribution in [1.29, 1.82) is 0 Å². The highest BCUT2D eigenvalue weighted by Crippen LogP contribution is 2.22. The lowest BCUT2D eigenvalue weighted by Gasteiger charge is -2.12. The summed E-state index contributed by atoms with van der Waals surface area (Å²) >= 11 is 5.62. The highest BCUT2D eigenvalue weighted by molar-refractivity contribution is 7.91. The zero-order valence-electron chi connectivity index (χ0n) is 8.41. The molecule has 1 unspecified atom stereocenters. The molecule has 1 saturated heterocycles. The van der Waals surface area contributed by atoms with Crippen LogP contribution in [0.5, 0.6) is 0 Å². The molecule has 0 aliphatic carbocycles. The third kappa shape index (κ3) is 2.65. The van der Waals surface area contributed by atoms with Crippen LogP contribution in [0.25, 0.3) is 0 Å². The lowest BCUT2D eigenvalue weighted by Crippen LogP contribution is -2.20. The molecule has 0 radical (unpaired) electrons. The van der Waals surface area contributed by atoms with Gasteiger partial charge in [-0.2, -0.15) is 0 Å². The number of rotatable bonds is 2. The molecular formula is C10H11ClFNO2S. The van der Waals surface area contributed by atoms with E-state index in [1.165, 1.54) is 12.1 Å². The van der Waals surface area contributed by atoms with Gasteiger partial charge in [0.15, 0.2) is 9.84 Å². The minimum absolute atomic E-state index is 0.0332. The highest BCUT2D eigenvalue weighted by Gasteiger charge is 2.27. The van der Waals surface area contributed by atoms with E-state index in [0.717, 1.165) is 0 Å². The molecule has 1 aliphatic rings. The molecule has 1 aliphatic heterocycles. The van der Waals surface area contributed by atoms with Crippen molar-refractivity contribution in [1.82, 2.24) is 0 Å². The zero-order valence-corrected chi connectivity index (χ0v) is 9.98. The van der Waals surface area contributed by atoms with Crippen LogP contribution in [0.15, 0.2) is 18.2 Å². The number of hydrogen-bond acceptors (Lipinski definition) is 3. The van der Waals surface area contributed by atoms with Crippen LogP contribution in [0, 0.1) is 5.82 Å². The minimum atomic E-state index is -2.90. The van der Waals surface area contributed by atoms with Gasteiger partial charge in [-0.05, 0) is 24.6 Å². The third-order valence-electron chi connectivity index (χ3n) is 2.52. The van der Waals surface area contributed by atoms with E-state index in [9.17, 15) is 12.8 Å². The quantitative estimate of drug-likeness (QED) is 0.889. The summed E-state index contributed by atoms with van der Waals surface area (Å²) < 4.78 is 35.3. The first-order valence-electron chi connectivity index (χ1n) is 4.88. The predicted molar refractivity (Wildman–Crippen MR) is 62.1 cm³/mol. The molecule has 0 aromatic heterocycles. The van der Waals surface area contributed by atoms with Crippen molar-refractivity contribution in [2.24, 2.45) is 0 Å². The summed E-state index contributed by atoms with van der Waals surface area (Å²) in [4.78, 5) is 0. The number of benzene rings is 1. The summed E-state index contributed by atoms with van der Waals surface area (Å²) in [5, 5.41) is 3.07. The molecule has 0 saturated carbocycles. The molecule has 1 aromatic carbocycles. The summed E-state index contributed by atoms with van der Waals surface area (Å²) in [6, 6.07) is 4.16. The van der Waals surface area contributed by atoms with Crippen molar-refractivity contribution in [3.8, 4) is 0 Å². The van der Waals surface area contributed by atoms with Crippen LogP contribution in [0.4, 0.5) is 10.1 Å². The molecule has 1 N–H and O–H groups in total. The molecule has 3 nitrogen and oxygen atoms in total. The third-order valence-corrected chi connectivity index (χ3v) is 4.58. The Morgan fingerprint density at radius 2 is 2.19 bits per heavy atom. The Labute approximate surface area is 98.5 Å². The summed E-state index contributed by atoms with van der Waals surface area (Å²) in [5.74, 6) is -0.145. The highest BCUT2D eigenvalue weighted by atomic mass is 35.5. The first-order valence-corrected chi connectivity index (χ1v) is 7.08. The van der Waals surface area contributed by atoms with Crippen LogP contribution in [0.2, 0.25) is 5.02 Å². The van der Waals surface area contributed by atoms with Crippen LogP contribution in [0.1, 0.15) is 6.42 Å². The second kappa shape index (κ2) is 4.22. The standard InChI is InChI=1S/C10H11ClFNO2S/c11-9-5-7(1-2-10(9)12)13-8-3-4-16(14,15)6-8/h1-2,5,8,13H,3-4,6H2. The lowest BCUT2D eigenvalue weighted by molar-refractivity contribution is 0.602. The average Bonchev–Trinajstić information content (AvgIpc) is 2.52. The van der Waals surface area contributed by atoms with Gasteiger partial charge in [-0.1, -0.05) is 11.6 Å². The van der Waals surface area contributed by atoms with Gasteiger partial charge >= 0.3 is 0 Å². The molecule has 1 fully saturated rings. The van der Waals surface area contributed by atoms with Gasteiger partial charge in [-0.25, -0.2) is 12.8 Å². The van der Waals surface area contributed by atoms with E-state index in [-0.39, 0.29) is 22.6 Å². The maximum Gasteiger partial charge on any atom is 0.152 e. The zero-order chi connectivity index (χ0) is 11.8. The van der Waals surface area contributed by atoms with E-state index in [1.807, 2.05) is 0 Å².